The van der Waals surface area contributed by atoms with E-state index in [9.17, 15) is 9.59 Å². The molecule has 3 heterocycles. The van der Waals surface area contributed by atoms with Gasteiger partial charge < -0.3 is 10.4 Å². The fourth-order valence-electron chi connectivity index (χ4n) is 3.17. The normalized spacial score (nSPS) is 22.8. The average Bonchev–Trinajstić information content (AvgIpc) is 3.00. The maximum atomic E-state index is 12.5. The number of aryl methyl sites for hydroxylation is 1. The molecule has 21 heavy (non-hydrogen) atoms. The minimum Gasteiger partial charge on any atom is -0.476 e. The molecule has 0 aromatic carbocycles. The van der Waals surface area contributed by atoms with Crippen LogP contribution in [0.5, 0.6) is 0 Å². The van der Waals surface area contributed by atoms with Crippen molar-refractivity contribution in [2.45, 2.75) is 24.7 Å². The lowest BCUT2D eigenvalue weighted by Gasteiger charge is -2.30. The summed E-state index contributed by atoms with van der Waals surface area (Å²) >= 11 is 1.17. The molecule has 2 aliphatic rings. The fourth-order valence-corrected chi connectivity index (χ4v) is 4.23. The number of hydrogen-bond donors (Lipinski definition) is 2. The number of carbonyl (C=O) groups excluding carboxylic acids is 1. The number of fused-ring (bicyclic) bond motifs is 3. The van der Waals surface area contributed by atoms with Crippen LogP contribution in [-0.2, 0) is 23.1 Å². The van der Waals surface area contributed by atoms with Crippen LogP contribution < -0.4 is 5.32 Å². The van der Waals surface area contributed by atoms with Crippen LogP contribution in [0.3, 0.4) is 0 Å². The second-order valence-electron chi connectivity index (χ2n) is 5.31. The molecule has 1 aliphatic heterocycles. The van der Waals surface area contributed by atoms with Crippen molar-refractivity contribution in [3.63, 3.8) is 0 Å². The summed E-state index contributed by atoms with van der Waals surface area (Å²) < 4.78 is 0. The summed E-state index contributed by atoms with van der Waals surface area (Å²) in [7, 11) is 0. The first kappa shape index (κ1) is 12.5. The molecule has 0 bridgehead atoms. The highest BCUT2D eigenvalue weighted by Gasteiger charge is 2.49. The Labute approximate surface area is 123 Å². The van der Waals surface area contributed by atoms with Crippen LogP contribution >= 0.6 is 11.3 Å². The summed E-state index contributed by atoms with van der Waals surface area (Å²) in [6, 6.07) is 3.75. The van der Waals surface area contributed by atoms with E-state index in [1.54, 1.807) is 6.20 Å². The van der Waals surface area contributed by atoms with Gasteiger partial charge in [-0.25, -0.2) is 14.8 Å². The zero-order valence-corrected chi connectivity index (χ0v) is 11.7. The van der Waals surface area contributed by atoms with E-state index >= 15 is 0 Å². The highest BCUT2D eigenvalue weighted by atomic mass is 32.1. The van der Waals surface area contributed by atoms with Gasteiger partial charge in [0.25, 0.3) is 0 Å². The lowest BCUT2D eigenvalue weighted by molar-refractivity contribution is -0.121. The van der Waals surface area contributed by atoms with Crippen LogP contribution in [-0.4, -0.2) is 27.0 Å². The number of carboxylic acid groups (broad SMARTS) is 1. The van der Waals surface area contributed by atoms with Crippen LogP contribution in [0.25, 0.3) is 0 Å². The summed E-state index contributed by atoms with van der Waals surface area (Å²) in [6.45, 7) is 0. The number of carboxylic acids is 1. The van der Waals surface area contributed by atoms with Crippen LogP contribution in [0.4, 0.5) is 5.82 Å². The smallest absolute Gasteiger partial charge is 0.365 e. The number of nitrogens with zero attached hydrogens (tertiary/aromatic N) is 2. The molecule has 1 aliphatic carbocycles. The van der Waals surface area contributed by atoms with Gasteiger partial charge in [-0.2, -0.15) is 0 Å². The number of aromatic carboxylic acids is 1. The van der Waals surface area contributed by atoms with Crippen LogP contribution in [0.2, 0.25) is 0 Å². The Hall–Kier alpha value is -2.28. The van der Waals surface area contributed by atoms with Gasteiger partial charge in [-0.3, -0.25) is 4.79 Å². The molecule has 1 amide bonds. The van der Waals surface area contributed by atoms with Gasteiger partial charge in [0.15, 0.2) is 0 Å². The van der Waals surface area contributed by atoms with Crippen molar-refractivity contribution in [2.24, 2.45) is 0 Å². The second-order valence-corrected chi connectivity index (χ2v) is 6.39. The Bertz CT molecular complexity index is 786. The molecule has 106 valence electrons. The van der Waals surface area contributed by atoms with Crippen LogP contribution in [0.1, 0.15) is 32.4 Å². The van der Waals surface area contributed by atoms with Crippen molar-refractivity contribution >= 4 is 29.0 Å². The van der Waals surface area contributed by atoms with Gasteiger partial charge >= 0.3 is 5.97 Å². The van der Waals surface area contributed by atoms with E-state index in [2.05, 4.69) is 15.3 Å². The van der Waals surface area contributed by atoms with Crippen LogP contribution in [0, 0.1) is 0 Å². The Morgan fingerprint density at radius 2 is 2.33 bits per heavy atom. The van der Waals surface area contributed by atoms with Crippen molar-refractivity contribution in [3.8, 4) is 0 Å². The Kier molecular flexibility index (Phi) is 2.44. The minimum absolute atomic E-state index is 0.0490. The fraction of sp³-hybridized carbons (Fsp3) is 0.286. The maximum Gasteiger partial charge on any atom is 0.365 e. The Balaban J connectivity index is 1.81. The predicted molar refractivity (Wildman–Crippen MR) is 75.6 cm³/mol. The van der Waals surface area contributed by atoms with Gasteiger partial charge in [0, 0.05) is 23.1 Å². The van der Waals surface area contributed by atoms with E-state index in [0.717, 1.165) is 16.1 Å². The first-order valence-electron chi connectivity index (χ1n) is 6.59. The number of pyridine rings is 1. The number of rotatable bonds is 1. The monoisotopic (exact) mass is 301 g/mol. The number of nitrogens with one attached hydrogen (secondary N) is 1. The molecule has 4 rings (SSSR count). The molecule has 0 saturated carbocycles. The van der Waals surface area contributed by atoms with E-state index < -0.39 is 11.4 Å². The van der Waals surface area contributed by atoms with Gasteiger partial charge in [0.05, 0.1) is 11.1 Å². The van der Waals surface area contributed by atoms with Crippen molar-refractivity contribution in [1.29, 1.82) is 0 Å². The SMILES string of the molecule is O=C(O)c1nc2c(s1)CC1(CC2)C(=O)Nc2ncccc21. The van der Waals surface area contributed by atoms with Gasteiger partial charge in [-0.05, 0) is 18.9 Å². The number of aromatic nitrogens is 2. The largest absolute Gasteiger partial charge is 0.476 e. The van der Waals surface area contributed by atoms with E-state index in [0.29, 0.717) is 25.1 Å². The summed E-state index contributed by atoms with van der Waals surface area (Å²) in [5.74, 6) is -0.442. The number of amides is 1. The van der Waals surface area contributed by atoms with Gasteiger partial charge in [0.1, 0.15) is 5.82 Å². The highest BCUT2D eigenvalue weighted by molar-refractivity contribution is 7.13. The molecule has 2 N–H and O–H groups in total. The van der Waals surface area contributed by atoms with E-state index in [1.807, 2.05) is 12.1 Å². The minimum atomic E-state index is -1.01. The third kappa shape index (κ3) is 1.64. The molecule has 0 saturated heterocycles. The van der Waals surface area contributed by atoms with Gasteiger partial charge in [-0.1, -0.05) is 6.07 Å². The lowest BCUT2D eigenvalue weighted by Crippen LogP contribution is -2.39. The van der Waals surface area contributed by atoms with Crippen molar-refractivity contribution < 1.29 is 14.7 Å². The molecule has 2 aromatic heterocycles. The number of thiazole rings is 1. The molecule has 0 radical (unpaired) electrons. The van der Waals surface area contributed by atoms with E-state index in [1.165, 1.54) is 11.3 Å². The zero-order valence-electron chi connectivity index (χ0n) is 10.9. The first-order valence-corrected chi connectivity index (χ1v) is 7.41. The standard InChI is InChI=1S/C14H11N3O3S/c18-12(19)11-16-8-3-4-14(6-9(8)21-11)7-2-1-5-15-10(7)17-13(14)20/h1-2,5H,3-4,6H2,(H,18,19)(H,15,17,20). The molecule has 1 atom stereocenters. The first-order chi connectivity index (χ1) is 10.1. The third-order valence-corrected chi connectivity index (χ3v) is 5.29. The van der Waals surface area contributed by atoms with Gasteiger partial charge in [0.2, 0.25) is 10.9 Å². The molecule has 0 fully saturated rings. The van der Waals surface area contributed by atoms with Crippen molar-refractivity contribution in [1.82, 2.24) is 9.97 Å². The van der Waals surface area contributed by atoms with E-state index in [4.69, 9.17) is 5.11 Å². The molecule has 6 nitrogen and oxygen atoms in total. The summed E-state index contributed by atoms with van der Waals surface area (Å²) in [4.78, 5) is 32.8. The summed E-state index contributed by atoms with van der Waals surface area (Å²) in [5, 5.41) is 12.0. The number of hydrogen-bond acceptors (Lipinski definition) is 5. The second kappa shape index (κ2) is 4.11. The Morgan fingerprint density at radius 1 is 1.48 bits per heavy atom. The molecule has 1 spiro atoms. The molecule has 7 heteroatoms. The molecule has 2 aromatic rings. The topological polar surface area (TPSA) is 92.2 Å². The summed E-state index contributed by atoms with van der Waals surface area (Å²) in [6.07, 6.45) is 3.40. The third-order valence-electron chi connectivity index (χ3n) is 4.20. The summed E-state index contributed by atoms with van der Waals surface area (Å²) in [5.41, 5.74) is 1.10. The predicted octanol–water partition coefficient (Wildman–Crippen LogP) is 1.62. The zero-order chi connectivity index (χ0) is 14.6. The molecule has 1 unspecified atom stereocenters. The number of carbonyl (C=O) groups is 2. The maximum absolute atomic E-state index is 12.5. The highest BCUT2D eigenvalue weighted by Crippen LogP contribution is 2.46. The van der Waals surface area contributed by atoms with Crippen molar-refractivity contribution in [3.05, 3.63) is 39.5 Å². The lowest BCUT2D eigenvalue weighted by atomic mass is 9.71. The number of anilines is 1. The van der Waals surface area contributed by atoms with Crippen LogP contribution in [0.15, 0.2) is 18.3 Å². The van der Waals surface area contributed by atoms with Gasteiger partial charge in [-0.15, -0.1) is 11.3 Å². The quantitative estimate of drug-likeness (QED) is 0.835. The van der Waals surface area contributed by atoms with E-state index in [-0.39, 0.29) is 10.9 Å². The van der Waals surface area contributed by atoms with Crippen molar-refractivity contribution in [2.75, 3.05) is 5.32 Å². The Morgan fingerprint density at radius 3 is 3.14 bits per heavy atom. The molecular formula is C14H11N3O3S. The average molecular weight is 301 g/mol. The molecular weight excluding hydrogens is 290 g/mol.